The zero-order valence-electron chi connectivity index (χ0n) is 9.95. The van der Waals surface area contributed by atoms with Crippen LogP contribution in [0.2, 0.25) is 0 Å². The van der Waals surface area contributed by atoms with Gasteiger partial charge in [-0.25, -0.2) is 0 Å². The van der Waals surface area contributed by atoms with Crippen molar-refractivity contribution in [2.45, 2.75) is 40.2 Å². The lowest BCUT2D eigenvalue weighted by molar-refractivity contribution is -0.148. The van der Waals surface area contributed by atoms with Crippen LogP contribution < -0.4 is 0 Å². The van der Waals surface area contributed by atoms with E-state index < -0.39 is 11.4 Å². The first-order valence-corrected chi connectivity index (χ1v) is 5.15. The van der Waals surface area contributed by atoms with Gasteiger partial charge in [0.1, 0.15) is 0 Å². The SMILES string of the molecule is CC(C)N(CCC#N)CC(C)(C)C(=O)O. The summed E-state index contributed by atoms with van der Waals surface area (Å²) in [6.45, 7) is 8.53. The average molecular weight is 212 g/mol. The van der Waals surface area contributed by atoms with Gasteiger partial charge in [-0.3, -0.25) is 9.69 Å². The summed E-state index contributed by atoms with van der Waals surface area (Å²) >= 11 is 0. The lowest BCUT2D eigenvalue weighted by Crippen LogP contribution is -2.42. The topological polar surface area (TPSA) is 64.3 Å². The maximum Gasteiger partial charge on any atom is 0.310 e. The first kappa shape index (κ1) is 13.9. The predicted molar refractivity (Wildman–Crippen MR) is 58.4 cm³/mol. The summed E-state index contributed by atoms with van der Waals surface area (Å²) in [5, 5.41) is 17.5. The second-order valence-electron chi connectivity index (χ2n) is 4.66. The summed E-state index contributed by atoms with van der Waals surface area (Å²) in [5.41, 5.74) is -0.764. The second kappa shape index (κ2) is 5.72. The van der Waals surface area contributed by atoms with Crippen molar-refractivity contribution in [3.63, 3.8) is 0 Å². The van der Waals surface area contributed by atoms with Gasteiger partial charge >= 0.3 is 5.97 Å². The maximum atomic E-state index is 11.0. The third-order valence-corrected chi connectivity index (χ3v) is 2.42. The summed E-state index contributed by atoms with van der Waals surface area (Å²) < 4.78 is 0. The van der Waals surface area contributed by atoms with Crippen LogP contribution in [0.1, 0.15) is 34.1 Å². The van der Waals surface area contributed by atoms with Crippen molar-refractivity contribution >= 4 is 5.97 Å². The molecule has 0 bridgehead atoms. The number of hydrogen-bond donors (Lipinski definition) is 1. The highest BCUT2D eigenvalue weighted by atomic mass is 16.4. The standard InChI is InChI=1S/C11H20N2O2/c1-9(2)13(7-5-6-12)8-11(3,4)10(14)15/h9H,5,7-8H2,1-4H3,(H,14,15). The number of nitrogens with zero attached hydrogens (tertiary/aromatic N) is 2. The second-order valence-corrected chi connectivity index (χ2v) is 4.66. The van der Waals surface area contributed by atoms with Gasteiger partial charge in [0.05, 0.1) is 11.5 Å². The highest BCUT2D eigenvalue weighted by molar-refractivity contribution is 5.73. The van der Waals surface area contributed by atoms with Crippen molar-refractivity contribution in [3.8, 4) is 6.07 Å². The number of nitriles is 1. The van der Waals surface area contributed by atoms with Crippen molar-refractivity contribution < 1.29 is 9.90 Å². The molecular weight excluding hydrogens is 192 g/mol. The third-order valence-electron chi connectivity index (χ3n) is 2.42. The van der Waals surface area contributed by atoms with Crippen molar-refractivity contribution in [1.29, 1.82) is 5.26 Å². The van der Waals surface area contributed by atoms with Crippen LogP contribution in [-0.4, -0.2) is 35.1 Å². The molecule has 0 saturated carbocycles. The Hall–Kier alpha value is -1.08. The van der Waals surface area contributed by atoms with Crippen LogP contribution in [0.25, 0.3) is 0 Å². The van der Waals surface area contributed by atoms with Crippen LogP contribution in [0.3, 0.4) is 0 Å². The maximum absolute atomic E-state index is 11.0. The fraction of sp³-hybridized carbons (Fsp3) is 0.818. The molecular formula is C11H20N2O2. The van der Waals surface area contributed by atoms with Crippen molar-refractivity contribution in [1.82, 2.24) is 4.90 Å². The van der Waals surface area contributed by atoms with E-state index in [0.29, 0.717) is 19.5 Å². The van der Waals surface area contributed by atoms with Gasteiger partial charge in [0, 0.05) is 25.6 Å². The lowest BCUT2D eigenvalue weighted by atomic mass is 9.92. The van der Waals surface area contributed by atoms with E-state index >= 15 is 0 Å². The van der Waals surface area contributed by atoms with E-state index in [1.165, 1.54) is 0 Å². The van der Waals surface area contributed by atoms with Crippen LogP contribution in [-0.2, 0) is 4.79 Å². The van der Waals surface area contributed by atoms with Crippen LogP contribution in [0.4, 0.5) is 0 Å². The summed E-state index contributed by atoms with van der Waals surface area (Å²) in [6, 6.07) is 2.34. The zero-order valence-corrected chi connectivity index (χ0v) is 9.95. The molecule has 0 aliphatic rings. The zero-order chi connectivity index (χ0) is 12.1. The molecule has 0 spiro atoms. The Labute approximate surface area is 91.5 Å². The van der Waals surface area contributed by atoms with Gasteiger partial charge in [0.2, 0.25) is 0 Å². The lowest BCUT2D eigenvalue weighted by Gasteiger charge is -2.32. The Kier molecular flexibility index (Phi) is 5.31. The fourth-order valence-electron chi connectivity index (χ4n) is 1.29. The molecule has 0 aromatic heterocycles. The first-order chi connectivity index (χ1) is 6.81. The normalized spacial score (nSPS) is 11.8. The molecule has 0 rings (SSSR count). The van der Waals surface area contributed by atoms with Gasteiger partial charge in [0.25, 0.3) is 0 Å². The van der Waals surface area contributed by atoms with Gasteiger partial charge in [-0.2, -0.15) is 5.26 Å². The Morgan fingerprint density at radius 2 is 2.07 bits per heavy atom. The first-order valence-electron chi connectivity index (χ1n) is 5.15. The van der Waals surface area contributed by atoms with E-state index in [2.05, 4.69) is 6.07 Å². The molecule has 15 heavy (non-hydrogen) atoms. The Morgan fingerprint density at radius 1 is 1.53 bits per heavy atom. The number of carbonyl (C=O) groups is 1. The summed E-state index contributed by atoms with van der Waals surface area (Å²) in [7, 11) is 0. The van der Waals surface area contributed by atoms with Crippen molar-refractivity contribution in [2.24, 2.45) is 5.41 Å². The van der Waals surface area contributed by atoms with Crippen LogP contribution in [0.15, 0.2) is 0 Å². The molecule has 0 radical (unpaired) electrons. The van der Waals surface area contributed by atoms with Gasteiger partial charge < -0.3 is 5.11 Å². The monoisotopic (exact) mass is 212 g/mol. The molecule has 0 amide bonds. The van der Waals surface area contributed by atoms with E-state index in [9.17, 15) is 4.79 Å². The van der Waals surface area contributed by atoms with Gasteiger partial charge in [0.15, 0.2) is 0 Å². The Morgan fingerprint density at radius 3 is 2.40 bits per heavy atom. The fourth-order valence-corrected chi connectivity index (χ4v) is 1.29. The minimum absolute atomic E-state index is 0.261. The minimum atomic E-state index is -0.801. The van der Waals surface area contributed by atoms with Gasteiger partial charge in [-0.1, -0.05) is 0 Å². The van der Waals surface area contributed by atoms with Gasteiger partial charge in [-0.05, 0) is 27.7 Å². The molecule has 0 saturated heterocycles. The van der Waals surface area contributed by atoms with Gasteiger partial charge in [-0.15, -0.1) is 0 Å². The minimum Gasteiger partial charge on any atom is -0.481 e. The molecule has 0 aliphatic heterocycles. The predicted octanol–water partition coefficient (Wildman–Crippen LogP) is 1.72. The molecule has 4 nitrogen and oxygen atoms in total. The average Bonchev–Trinajstić information content (AvgIpc) is 2.11. The molecule has 0 unspecified atom stereocenters. The summed E-state index contributed by atoms with van der Waals surface area (Å²) in [6.07, 6.45) is 0.438. The van der Waals surface area contributed by atoms with E-state index in [-0.39, 0.29) is 6.04 Å². The molecule has 1 N–H and O–H groups in total. The number of hydrogen-bond acceptors (Lipinski definition) is 3. The molecule has 0 aromatic rings. The molecule has 0 aromatic carbocycles. The number of aliphatic carboxylic acids is 1. The molecule has 0 heterocycles. The Bertz CT molecular complexity index is 254. The molecule has 0 aliphatic carbocycles. The molecule has 86 valence electrons. The quantitative estimate of drug-likeness (QED) is 0.728. The van der Waals surface area contributed by atoms with Crippen molar-refractivity contribution in [2.75, 3.05) is 13.1 Å². The number of carboxylic acid groups (broad SMARTS) is 1. The van der Waals surface area contributed by atoms with Crippen molar-refractivity contribution in [3.05, 3.63) is 0 Å². The smallest absolute Gasteiger partial charge is 0.310 e. The van der Waals surface area contributed by atoms with Crippen LogP contribution in [0.5, 0.6) is 0 Å². The van der Waals surface area contributed by atoms with Crippen LogP contribution >= 0.6 is 0 Å². The van der Waals surface area contributed by atoms with E-state index in [4.69, 9.17) is 10.4 Å². The summed E-state index contributed by atoms with van der Waals surface area (Å²) in [5.74, 6) is -0.801. The highest BCUT2D eigenvalue weighted by Crippen LogP contribution is 2.18. The Balaban J connectivity index is 4.41. The highest BCUT2D eigenvalue weighted by Gasteiger charge is 2.30. The van der Waals surface area contributed by atoms with Crippen LogP contribution in [0, 0.1) is 16.7 Å². The molecule has 0 atom stereocenters. The van der Waals surface area contributed by atoms with E-state index in [0.717, 1.165) is 0 Å². The molecule has 4 heteroatoms. The van der Waals surface area contributed by atoms with E-state index in [1.54, 1.807) is 13.8 Å². The number of rotatable bonds is 6. The number of carboxylic acids is 1. The van der Waals surface area contributed by atoms with E-state index in [1.807, 2.05) is 18.7 Å². The summed E-state index contributed by atoms with van der Waals surface area (Å²) in [4.78, 5) is 13.0. The molecule has 0 fully saturated rings. The largest absolute Gasteiger partial charge is 0.481 e. The third kappa shape index (κ3) is 4.80.